The van der Waals surface area contributed by atoms with Crippen LogP contribution in [0.15, 0.2) is 59.7 Å². The van der Waals surface area contributed by atoms with Crippen LogP contribution in [-0.2, 0) is 15.2 Å². The van der Waals surface area contributed by atoms with Gasteiger partial charge in [0.05, 0.1) is 22.5 Å². The summed E-state index contributed by atoms with van der Waals surface area (Å²) in [6.45, 7) is 0. The molecule has 3 aromatic carbocycles. The van der Waals surface area contributed by atoms with Crippen molar-refractivity contribution >= 4 is 57.2 Å². The number of nitrogens with zero attached hydrogens (tertiary/aromatic N) is 2. The van der Waals surface area contributed by atoms with E-state index in [-0.39, 0.29) is 39.8 Å². The molecule has 4 rings (SSSR count). The molecule has 0 saturated carbocycles. The summed E-state index contributed by atoms with van der Waals surface area (Å²) in [5, 5.41) is 29.2. The average Bonchev–Trinajstić information content (AvgIpc) is 3.02. The van der Waals surface area contributed by atoms with Gasteiger partial charge in [-0.15, -0.1) is 0 Å². The van der Waals surface area contributed by atoms with E-state index in [0.29, 0.717) is 5.56 Å². The summed E-state index contributed by atoms with van der Waals surface area (Å²) in [7, 11) is 0. The highest BCUT2D eigenvalue weighted by Crippen LogP contribution is 2.44. The molecule has 0 aromatic heterocycles. The Balaban J connectivity index is 1.84. The van der Waals surface area contributed by atoms with Crippen LogP contribution in [0.5, 0.6) is 0 Å². The molecular weight excluding hydrogens is 451 g/mol. The molecule has 32 heavy (non-hydrogen) atoms. The van der Waals surface area contributed by atoms with Crippen LogP contribution in [-0.4, -0.2) is 22.6 Å². The number of anilines is 1. The van der Waals surface area contributed by atoms with Crippen molar-refractivity contribution in [3.8, 4) is 6.07 Å². The van der Waals surface area contributed by atoms with Gasteiger partial charge in [-0.1, -0.05) is 65.7 Å². The maximum Gasteiger partial charge on any atom is 0.261 e. The number of nitrogens with one attached hydrogen (secondary N) is 2. The molecule has 3 N–H and O–H groups in total. The Bertz CT molecular complexity index is 1330. The molecule has 1 aliphatic rings. The lowest BCUT2D eigenvalue weighted by molar-refractivity contribution is -0.132. The molecule has 0 aliphatic carbocycles. The highest BCUT2D eigenvalue weighted by Gasteiger charge is 2.47. The summed E-state index contributed by atoms with van der Waals surface area (Å²) < 4.78 is 0. The smallest absolute Gasteiger partial charge is 0.261 e. The van der Waals surface area contributed by atoms with Gasteiger partial charge in [-0.3, -0.25) is 9.59 Å². The molecule has 1 unspecified atom stereocenters. The number of aliphatic hydroxyl groups is 1. The van der Waals surface area contributed by atoms with Crippen molar-refractivity contribution in [3.63, 3.8) is 0 Å². The molecule has 0 radical (unpaired) electrons. The fraction of sp³-hybridized carbons (Fsp3) is 0.130. The van der Waals surface area contributed by atoms with Gasteiger partial charge in [-0.2, -0.15) is 10.4 Å². The summed E-state index contributed by atoms with van der Waals surface area (Å²) in [6.07, 6.45) is -0.658. The van der Waals surface area contributed by atoms with Crippen LogP contribution in [0.25, 0.3) is 10.8 Å². The maximum absolute atomic E-state index is 12.8. The topological polar surface area (TPSA) is 115 Å². The van der Waals surface area contributed by atoms with Crippen LogP contribution < -0.4 is 10.7 Å². The number of halogens is 2. The summed E-state index contributed by atoms with van der Waals surface area (Å²) in [4.78, 5) is 24.7. The van der Waals surface area contributed by atoms with E-state index < -0.39 is 17.4 Å². The van der Waals surface area contributed by atoms with E-state index in [1.165, 1.54) is 12.1 Å². The summed E-state index contributed by atoms with van der Waals surface area (Å²) in [5.41, 5.74) is 1.65. The van der Waals surface area contributed by atoms with Gasteiger partial charge in [0.25, 0.3) is 11.8 Å². The first-order valence-corrected chi connectivity index (χ1v) is 10.3. The lowest BCUT2D eigenvalue weighted by Crippen LogP contribution is -2.37. The molecule has 0 fully saturated rings. The number of amides is 2. The normalized spacial score (nSPS) is 17.6. The lowest BCUT2D eigenvalue weighted by Gasteiger charge is -2.23. The number of hydrogen-bond acceptors (Lipinski definition) is 5. The fourth-order valence-electron chi connectivity index (χ4n) is 3.70. The van der Waals surface area contributed by atoms with E-state index in [2.05, 4.69) is 15.8 Å². The van der Waals surface area contributed by atoms with Gasteiger partial charge in [0.15, 0.2) is 5.60 Å². The molecule has 160 valence electrons. The van der Waals surface area contributed by atoms with Crippen molar-refractivity contribution in [2.75, 3.05) is 5.32 Å². The number of nitriles is 1. The molecule has 9 heteroatoms. The van der Waals surface area contributed by atoms with Crippen molar-refractivity contribution in [2.24, 2.45) is 5.10 Å². The van der Waals surface area contributed by atoms with Gasteiger partial charge in [0.1, 0.15) is 6.42 Å². The molecular formula is C23H16Cl2N4O3. The minimum atomic E-state index is -2.03. The van der Waals surface area contributed by atoms with Crippen LogP contribution in [0.2, 0.25) is 10.0 Å². The predicted molar refractivity (Wildman–Crippen MR) is 122 cm³/mol. The van der Waals surface area contributed by atoms with E-state index >= 15 is 0 Å². The Hall–Kier alpha value is -3.44. The molecule has 1 atom stereocenters. The third-order valence-corrected chi connectivity index (χ3v) is 5.71. The molecule has 2 amide bonds. The summed E-state index contributed by atoms with van der Waals surface area (Å²) >= 11 is 12.3. The highest BCUT2D eigenvalue weighted by molar-refractivity contribution is 6.38. The van der Waals surface area contributed by atoms with Gasteiger partial charge >= 0.3 is 0 Å². The van der Waals surface area contributed by atoms with Crippen molar-refractivity contribution in [2.45, 2.75) is 18.4 Å². The number of carbonyl (C=O) groups is 2. The van der Waals surface area contributed by atoms with E-state index in [1.54, 1.807) is 12.1 Å². The van der Waals surface area contributed by atoms with Gasteiger partial charge < -0.3 is 10.4 Å². The molecule has 1 heterocycles. The number of hydrogen-bond donors (Lipinski definition) is 3. The van der Waals surface area contributed by atoms with Gasteiger partial charge in [-0.25, -0.2) is 5.43 Å². The number of fused-ring (bicyclic) bond motifs is 2. The largest absolute Gasteiger partial charge is 0.375 e. The van der Waals surface area contributed by atoms with E-state index in [0.717, 1.165) is 10.8 Å². The Morgan fingerprint density at radius 3 is 2.72 bits per heavy atom. The first kappa shape index (κ1) is 21.8. The first-order valence-electron chi connectivity index (χ1n) is 9.57. The molecule has 0 bridgehead atoms. The molecule has 1 aliphatic heterocycles. The first-order chi connectivity index (χ1) is 15.3. The standard InChI is InChI=1S/C23H16Cl2N4O3/c24-14-10-17-21(18(25)11-14)27-22(31)23(17,32)12-19(28-29-20(30)8-9-26)16-7-3-5-13-4-1-2-6-15(13)16/h1-7,10-11,32H,8,12H2,(H,27,31)(H,29,30). The predicted octanol–water partition coefficient (Wildman–Crippen LogP) is 4.11. The van der Waals surface area contributed by atoms with Crippen LogP contribution in [0.3, 0.4) is 0 Å². The molecule has 3 aromatic rings. The monoisotopic (exact) mass is 466 g/mol. The maximum atomic E-state index is 12.8. The minimum absolute atomic E-state index is 0.197. The van der Waals surface area contributed by atoms with Crippen LogP contribution >= 0.6 is 23.2 Å². The quantitative estimate of drug-likeness (QED) is 0.387. The Morgan fingerprint density at radius 2 is 1.94 bits per heavy atom. The minimum Gasteiger partial charge on any atom is -0.375 e. The average molecular weight is 467 g/mol. The molecule has 0 spiro atoms. The van der Waals surface area contributed by atoms with Crippen molar-refractivity contribution in [3.05, 3.63) is 75.8 Å². The molecule has 0 saturated heterocycles. The third kappa shape index (κ3) is 3.92. The Kier molecular flexibility index (Phi) is 5.85. The van der Waals surface area contributed by atoms with Gasteiger partial charge in [0, 0.05) is 22.6 Å². The van der Waals surface area contributed by atoms with Crippen molar-refractivity contribution in [1.29, 1.82) is 5.26 Å². The highest BCUT2D eigenvalue weighted by atomic mass is 35.5. The third-order valence-electron chi connectivity index (χ3n) is 5.19. The Labute approximate surface area is 193 Å². The Morgan fingerprint density at radius 1 is 1.19 bits per heavy atom. The number of rotatable bonds is 5. The van der Waals surface area contributed by atoms with Crippen molar-refractivity contribution in [1.82, 2.24) is 5.43 Å². The van der Waals surface area contributed by atoms with E-state index in [1.807, 2.05) is 36.4 Å². The number of hydrazone groups is 1. The van der Waals surface area contributed by atoms with Crippen LogP contribution in [0, 0.1) is 11.3 Å². The van der Waals surface area contributed by atoms with Gasteiger partial charge in [0.2, 0.25) is 0 Å². The number of benzene rings is 3. The summed E-state index contributed by atoms with van der Waals surface area (Å²) in [5.74, 6) is -1.30. The SMILES string of the molecule is N#CCC(=O)NN=C(CC1(O)C(=O)Nc2c(Cl)cc(Cl)cc21)c1cccc2ccccc12. The van der Waals surface area contributed by atoms with Crippen molar-refractivity contribution < 1.29 is 14.7 Å². The second kappa shape index (κ2) is 8.60. The second-order valence-corrected chi connectivity index (χ2v) is 8.10. The fourth-order valence-corrected chi connectivity index (χ4v) is 4.24. The number of carbonyl (C=O) groups excluding carboxylic acids is 2. The zero-order chi connectivity index (χ0) is 22.9. The molecule has 7 nitrogen and oxygen atoms in total. The zero-order valence-corrected chi connectivity index (χ0v) is 18.0. The second-order valence-electron chi connectivity index (χ2n) is 7.26. The van der Waals surface area contributed by atoms with E-state index in [9.17, 15) is 14.7 Å². The lowest BCUT2D eigenvalue weighted by atomic mass is 9.86. The van der Waals surface area contributed by atoms with Crippen LogP contribution in [0.1, 0.15) is 24.0 Å². The summed E-state index contributed by atoms with van der Waals surface area (Å²) in [6, 6.07) is 17.7. The zero-order valence-electron chi connectivity index (χ0n) is 16.5. The van der Waals surface area contributed by atoms with E-state index in [4.69, 9.17) is 28.5 Å². The van der Waals surface area contributed by atoms with Gasteiger partial charge in [-0.05, 0) is 22.9 Å². The van der Waals surface area contributed by atoms with Crippen LogP contribution in [0.4, 0.5) is 5.69 Å².